The van der Waals surface area contributed by atoms with Crippen molar-refractivity contribution in [1.29, 1.82) is 0 Å². The number of likely N-dealkylation sites (tertiary alicyclic amines) is 1. The van der Waals surface area contributed by atoms with Crippen molar-refractivity contribution in [2.45, 2.75) is 51.5 Å². The lowest BCUT2D eigenvalue weighted by Crippen LogP contribution is -2.40. The molecule has 5 nitrogen and oxygen atoms in total. The van der Waals surface area contributed by atoms with Gasteiger partial charge in [-0.25, -0.2) is 0 Å². The van der Waals surface area contributed by atoms with E-state index in [2.05, 4.69) is 55.3 Å². The maximum Gasteiger partial charge on any atom is 0.287 e. The van der Waals surface area contributed by atoms with Crippen LogP contribution in [0, 0.1) is 0 Å². The van der Waals surface area contributed by atoms with E-state index in [0.717, 1.165) is 13.1 Å². The van der Waals surface area contributed by atoms with Crippen molar-refractivity contribution in [3.05, 3.63) is 81.7 Å². The molecule has 3 aromatic rings. The molecule has 32 heavy (non-hydrogen) atoms. The molecule has 1 aliphatic rings. The number of piperidine rings is 1. The molecule has 1 amide bonds. The molecule has 168 valence electrons. The summed E-state index contributed by atoms with van der Waals surface area (Å²) < 4.78 is 5.72. The summed E-state index contributed by atoms with van der Waals surface area (Å²) in [5.41, 5.74) is 2.81. The second-order valence-corrected chi connectivity index (χ2v) is 9.67. The van der Waals surface area contributed by atoms with E-state index >= 15 is 0 Å². The van der Waals surface area contributed by atoms with E-state index in [1.807, 2.05) is 0 Å². The quantitative estimate of drug-likeness (QED) is 0.613. The molecule has 1 fully saturated rings. The number of amides is 1. The number of rotatable bonds is 5. The zero-order valence-corrected chi connectivity index (χ0v) is 19.2. The van der Waals surface area contributed by atoms with Gasteiger partial charge in [0.1, 0.15) is 5.58 Å². The van der Waals surface area contributed by atoms with E-state index in [1.165, 1.54) is 36.5 Å². The van der Waals surface area contributed by atoms with E-state index in [0.29, 0.717) is 17.5 Å². The third-order valence-corrected chi connectivity index (χ3v) is 6.31. The van der Waals surface area contributed by atoms with Crippen LogP contribution in [0.1, 0.15) is 67.8 Å². The van der Waals surface area contributed by atoms with Crippen LogP contribution in [0.15, 0.2) is 63.8 Å². The number of para-hydroxylation sites is 1. The van der Waals surface area contributed by atoms with Crippen LogP contribution in [0.4, 0.5) is 0 Å². The van der Waals surface area contributed by atoms with Crippen molar-refractivity contribution < 1.29 is 9.21 Å². The largest absolute Gasteiger partial charge is 0.451 e. The number of benzene rings is 2. The molecule has 2 heterocycles. The van der Waals surface area contributed by atoms with Gasteiger partial charge < -0.3 is 9.73 Å². The van der Waals surface area contributed by atoms with Crippen LogP contribution in [0.3, 0.4) is 0 Å². The predicted molar refractivity (Wildman–Crippen MR) is 128 cm³/mol. The number of hydrogen-bond acceptors (Lipinski definition) is 4. The topological polar surface area (TPSA) is 62.6 Å². The zero-order chi connectivity index (χ0) is 22.7. The summed E-state index contributed by atoms with van der Waals surface area (Å²) in [5.74, 6) is -0.310. The SMILES string of the molecule is CC(C)(C)c1ccc(C(CNC(=O)c2cc(=O)c3ccccc3o2)N2CCCCC2)cc1. The van der Waals surface area contributed by atoms with E-state index in [9.17, 15) is 9.59 Å². The van der Waals surface area contributed by atoms with Gasteiger partial charge in [0.05, 0.1) is 11.4 Å². The first kappa shape index (κ1) is 22.3. The lowest BCUT2D eigenvalue weighted by Gasteiger charge is -2.35. The first-order valence-electron chi connectivity index (χ1n) is 11.5. The Labute approximate surface area is 189 Å². The van der Waals surface area contributed by atoms with Gasteiger partial charge in [0.2, 0.25) is 0 Å². The number of hydrogen-bond donors (Lipinski definition) is 1. The lowest BCUT2D eigenvalue weighted by atomic mass is 9.86. The number of nitrogens with one attached hydrogen (secondary N) is 1. The normalized spacial score (nSPS) is 16.1. The van der Waals surface area contributed by atoms with Crippen LogP contribution >= 0.6 is 0 Å². The van der Waals surface area contributed by atoms with E-state index < -0.39 is 0 Å². The van der Waals surface area contributed by atoms with Crippen molar-refractivity contribution in [2.24, 2.45) is 0 Å². The summed E-state index contributed by atoms with van der Waals surface area (Å²) in [6.07, 6.45) is 3.59. The molecule has 4 rings (SSSR count). The molecular weight excluding hydrogens is 400 g/mol. The Hall–Kier alpha value is -2.92. The first-order chi connectivity index (χ1) is 15.3. The minimum atomic E-state index is -0.360. The first-order valence-corrected chi connectivity index (χ1v) is 11.5. The predicted octanol–water partition coefficient (Wildman–Crippen LogP) is 5.05. The van der Waals surface area contributed by atoms with Gasteiger partial charge >= 0.3 is 0 Å². The molecular formula is C27H32N2O3. The molecule has 0 aliphatic carbocycles. The highest BCUT2D eigenvalue weighted by Crippen LogP contribution is 2.28. The second kappa shape index (κ2) is 9.29. The van der Waals surface area contributed by atoms with Crippen molar-refractivity contribution in [1.82, 2.24) is 10.2 Å². The molecule has 2 aromatic carbocycles. The Balaban J connectivity index is 1.55. The van der Waals surface area contributed by atoms with Gasteiger partial charge in [0.15, 0.2) is 11.2 Å². The summed E-state index contributed by atoms with van der Waals surface area (Å²) in [4.78, 5) is 27.7. The maximum absolute atomic E-state index is 12.9. The van der Waals surface area contributed by atoms with Crippen LogP contribution in [0.25, 0.3) is 11.0 Å². The molecule has 0 spiro atoms. The fraction of sp³-hybridized carbons (Fsp3) is 0.407. The van der Waals surface area contributed by atoms with Gasteiger partial charge in [0, 0.05) is 12.6 Å². The molecule has 1 aromatic heterocycles. The third kappa shape index (κ3) is 4.94. The van der Waals surface area contributed by atoms with Crippen LogP contribution in [0.5, 0.6) is 0 Å². The molecule has 0 saturated carbocycles. The van der Waals surface area contributed by atoms with E-state index in [4.69, 9.17) is 4.42 Å². The molecule has 5 heteroatoms. The van der Waals surface area contributed by atoms with Gasteiger partial charge in [-0.05, 0) is 54.6 Å². The Morgan fingerprint density at radius 1 is 1.03 bits per heavy atom. The average molecular weight is 433 g/mol. The Morgan fingerprint density at radius 2 is 1.72 bits per heavy atom. The number of fused-ring (bicyclic) bond motifs is 1. The molecule has 1 unspecified atom stereocenters. The van der Waals surface area contributed by atoms with Crippen LogP contribution < -0.4 is 10.7 Å². The lowest BCUT2D eigenvalue weighted by molar-refractivity contribution is 0.0897. The monoisotopic (exact) mass is 432 g/mol. The Morgan fingerprint density at radius 3 is 2.41 bits per heavy atom. The van der Waals surface area contributed by atoms with Crippen molar-refractivity contribution in [3.63, 3.8) is 0 Å². The summed E-state index contributed by atoms with van der Waals surface area (Å²) in [6.45, 7) is 9.13. The molecule has 0 radical (unpaired) electrons. The molecule has 0 bridgehead atoms. The Kier molecular flexibility index (Phi) is 6.47. The van der Waals surface area contributed by atoms with Gasteiger partial charge in [0.25, 0.3) is 5.91 Å². The second-order valence-electron chi connectivity index (χ2n) is 9.67. The summed E-state index contributed by atoms with van der Waals surface area (Å²) in [5, 5.41) is 3.50. The molecule has 1 saturated heterocycles. The fourth-order valence-electron chi connectivity index (χ4n) is 4.39. The average Bonchev–Trinajstić information content (AvgIpc) is 2.79. The fourth-order valence-corrected chi connectivity index (χ4v) is 4.39. The number of nitrogens with zero attached hydrogens (tertiary/aromatic N) is 1. The molecule has 1 N–H and O–H groups in total. The van der Waals surface area contributed by atoms with Crippen LogP contribution in [-0.4, -0.2) is 30.4 Å². The van der Waals surface area contributed by atoms with Crippen molar-refractivity contribution in [2.75, 3.05) is 19.6 Å². The van der Waals surface area contributed by atoms with Gasteiger partial charge in [-0.3, -0.25) is 14.5 Å². The molecule has 1 atom stereocenters. The summed E-state index contributed by atoms with van der Waals surface area (Å²) >= 11 is 0. The van der Waals surface area contributed by atoms with E-state index in [1.54, 1.807) is 24.3 Å². The van der Waals surface area contributed by atoms with Crippen LogP contribution in [-0.2, 0) is 5.41 Å². The summed E-state index contributed by atoms with van der Waals surface area (Å²) in [6, 6.07) is 17.1. The maximum atomic E-state index is 12.9. The summed E-state index contributed by atoms with van der Waals surface area (Å²) in [7, 11) is 0. The zero-order valence-electron chi connectivity index (χ0n) is 19.2. The van der Waals surface area contributed by atoms with Crippen LogP contribution in [0.2, 0.25) is 0 Å². The highest BCUT2D eigenvalue weighted by Gasteiger charge is 2.24. The van der Waals surface area contributed by atoms with Gasteiger partial charge in [-0.2, -0.15) is 0 Å². The standard InChI is InChI=1S/C27H32N2O3/c1-27(2,3)20-13-11-19(12-14-20)22(29-15-7-4-8-16-29)18-28-26(31)25-17-23(30)21-9-5-6-10-24(21)32-25/h5-6,9-14,17,22H,4,7-8,15-16,18H2,1-3H3,(H,28,31). The highest BCUT2D eigenvalue weighted by atomic mass is 16.3. The number of carbonyl (C=O) groups is 1. The smallest absolute Gasteiger partial charge is 0.287 e. The van der Waals surface area contributed by atoms with Crippen molar-refractivity contribution >= 4 is 16.9 Å². The molecule has 1 aliphatic heterocycles. The minimum Gasteiger partial charge on any atom is -0.451 e. The van der Waals surface area contributed by atoms with Gasteiger partial charge in [-0.1, -0.05) is 63.6 Å². The number of carbonyl (C=O) groups excluding carboxylic acids is 1. The third-order valence-electron chi connectivity index (χ3n) is 6.31. The minimum absolute atomic E-state index is 0.0502. The highest BCUT2D eigenvalue weighted by molar-refractivity contribution is 5.93. The Bertz CT molecular complexity index is 1140. The van der Waals surface area contributed by atoms with Crippen molar-refractivity contribution in [3.8, 4) is 0 Å². The van der Waals surface area contributed by atoms with Gasteiger partial charge in [-0.15, -0.1) is 0 Å². The van der Waals surface area contributed by atoms with E-state index in [-0.39, 0.29) is 28.6 Å².